The quantitative estimate of drug-likeness (QED) is 0.597. The second kappa shape index (κ2) is 4.60. The van der Waals surface area contributed by atoms with Crippen LogP contribution in [0.15, 0.2) is 12.1 Å². The van der Waals surface area contributed by atoms with E-state index in [2.05, 4.69) is 11.0 Å². The number of nitro groups is 1. The van der Waals surface area contributed by atoms with Gasteiger partial charge in [-0.25, -0.2) is 0 Å². The first-order valence-electron chi connectivity index (χ1n) is 5.10. The van der Waals surface area contributed by atoms with Crippen LogP contribution in [0.2, 0.25) is 0 Å². The third-order valence-corrected chi connectivity index (χ3v) is 3.78. The number of hydrogen-bond acceptors (Lipinski definition) is 5. The van der Waals surface area contributed by atoms with Crippen molar-refractivity contribution in [2.45, 2.75) is 18.9 Å². The van der Waals surface area contributed by atoms with Crippen LogP contribution in [-0.4, -0.2) is 22.9 Å². The van der Waals surface area contributed by atoms with E-state index < -0.39 is 4.92 Å². The van der Waals surface area contributed by atoms with Gasteiger partial charge in [0, 0.05) is 10.9 Å². The predicted octanol–water partition coefficient (Wildman–Crippen LogP) is 2.32. The van der Waals surface area contributed by atoms with E-state index in [-0.39, 0.29) is 11.0 Å². The molecule has 0 saturated carbocycles. The molecule has 1 aliphatic rings. The van der Waals surface area contributed by atoms with Crippen LogP contribution in [0.4, 0.5) is 5.00 Å². The molecular formula is C10H11N3O2S. The van der Waals surface area contributed by atoms with Gasteiger partial charge in [-0.3, -0.25) is 15.0 Å². The van der Waals surface area contributed by atoms with Crippen LogP contribution in [0.5, 0.6) is 0 Å². The minimum absolute atomic E-state index is 0.106. The van der Waals surface area contributed by atoms with Crippen LogP contribution >= 0.6 is 11.3 Å². The lowest BCUT2D eigenvalue weighted by molar-refractivity contribution is -0.380. The second-order valence-electron chi connectivity index (χ2n) is 3.71. The van der Waals surface area contributed by atoms with E-state index in [1.807, 2.05) is 0 Å². The summed E-state index contributed by atoms with van der Waals surface area (Å²) in [5.41, 5.74) is 0. The van der Waals surface area contributed by atoms with E-state index >= 15 is 0 Å². The molecule has 0 bridgehead atoms. The van der Waals surface area contributed by atoms with Crippen molar-refractivity contribution in [3.8, 4) is 6.07 Å². The first-order chi connectivity index (χ1) is 7.72. The summed E-state index contributed by atoms with van der Waals surface area (Å²) in [6.07, 6.45) is 2.21. The molecule has 0 aromatic carbocycles. The van der Waals surface area contributed by atoms with Crippen molar-refractivity contribution in [1.82, 2.24) is 4.90 Å². The average Bonchev–Trinajstić information content (AvgIpc) is 2.88. The third-order valence-electron chi connectivity index (χ3n) is 2.69. The largest absolute Gasteiger partial charge is 0.324 e. The van der Waals surface area contributed by atoms with Crippen molar-refractivity contribution in [1.29, 1.82) is 5.26 Å². The van der Waals surface area contributed by atoms with Crippen molar-refractivity contribution in [2.24, 2.45) is 0 Å². The first-order valence-corrected chi connectivity index (χ1v) is 5.92. The molecule has 1 saturated heterocycles. The molecule has 16 heavy (non-hydrogen) atoms. The van der Waals surface area contributed by atoms with Gasteiger partial charge in [-0.1, -0.05) is 11.3 Å². The number of hydrogen-bond donors (Lipinski definition) is 0. The number of thiophene rings is 1. The zero-order chi connectivity index (χ0) is 11.5. The molecule has 6 heteroatoms. The molecule has 1 aliphatic heterocycles. The maximum atomic E-state index is 10.6. The Balaban J connectivity index is 2.20. The summed E-state index contributed by atoms with van der Waals surface area (Å²) in [4.78, 5) is 13.0. The topological polar surface area (TPSA) is 70.2 Å². The zero-order valence-corrected chi connectivity index (χ0v) is 9.44. The van der Waals surface area contributed by atoms with E-state index in [9.17, 15) is 10.1 Å². The monoisotopic (exact) mass is 237 g/mol. The number of nitriles is 1. The summed E-state index contributed by atoms with van der Waals surface area (Å²) in [6, 6.07) is 5.07. The molecule has 0 radical (unpaired) electrons. The molecule has 1 aromatic rings. The molecular weight excluding hydrogens is 226 g/mol. The van der Waals surface area contributed by atoms with Crippen molar-refractivity contribution in [3.63, 3.8) is 0 Å². The highest BCUT2D eigenvalue weighted by Gasteiger charge is 2.25. The summed E-state index contributed by atoms with van der Waals surface area (Å²) < 4.78 is 0. The van der Waals surface area contributed by atoms with Gasteiger partial charge in [-0.2, -0.15) is 5.26 Å². The van der Waals surface area contributed by atoms with Gasteiger partial charge in [0.2, 0.25) is 0 Å². The molecule has 2 heterocycles. The minimum Gasteiger partial charge on any atom is -0.284 e. The molecule has 0 spiro atoms. The maximum absolute atomic E-state index is 10.6. The van der Waals surface area contributed by atoms with E-state index in [4.69, 9.17) is 5.26 Å². The van der Waals surface area contributed by atoms with Crippen molar-refractivity contribution in [2.75, 3.05) is 13.1 Å². The van der Waals surface area contributed by atoms with Crippen molar-refractivity contribution < 1.29 is 4.92 Å². The van der Waals surface area contributed by atoms with Crippen LogP contribution in [-0.2, 0) is 0 Å². The lowest BCUT2D eigenvalue weighted by atomic mass is 10.2. The van der Waals surface area contributed by atoms with Crippen molar-refractivity contribution in [3.05, 3.63) is 27.1 Å². The fourth-order valence-electron chi connectivity index (χ4n) is 1.91. The van der Waals surface area contributed by atoms with Crippen LogP contribution in [0.1, 0.15) is 23.8 Å². The van der Waals surface area contributed by atoms with E-state index in [0.29, 0.717) is 0 Å². The highest BCUT2D eigenvalue weighted by molar-refractivity contribution is 7.15. The fourth-order valence-corrected chi connectivity index (χ4v) is 2.81. The molecule has 1 aromatic heterocycles. The molecule has 0 N–H and O–H groups in total. The van der Waals surface area contributed by atoms with E-state index in [1.165, 1.54) is 6.07 Å². The summed E-state index contributed by atoms with van der Waals surface area (Å²) in [5.74, 6) is 0. The Morgan fingerprint density at radius 1 is 1.50 bits per heavy atom. The molecule has 1 unspecified atom stereocenters. The third kappa shape index (κ3) is 2.05. The average molecular weight is 237 g/mol. The maximum Gasteiger partial charge on any atom is 0.324 e. The Labute approximate surface area is 97.1 Å². The summed E-state index contributed by atoms with van der Waals surface area (Å²) in [7, 11) is 0. The number of nitrogens with zero attached hydrogens (tertiary/aromatic N) is 3. The van der Waals surface area contributed by atoms with E-state index in [1.54, 1.807) is 6.07 Å². The first kappa shape index (κ1) is 11.0. The molecule has 5 nitrogen and oxygen atoms in total. The van der Waals surface area contributed by atoms with Gasteiger partial charge in [-0.15, -0.1) is 0 Å². The Bertz CT molecular complexity index is 432. The van der Waals surface area contributed by atoms with E-state index in [0.717, 1.165) is 42.1 Å². The van der Waals surface area contributed by atoms with Gasteiger partial charge in [0.15, 0.2) is 0 Å². The summed E-state index contributed by atoms with van der Waals surface area (Å²) in [5, 5.41) is 19.8. The SMILES string of the molecule is N#CC(c1ccc([N+](=O)[O-])s1)N1CCCC1. The van der Waals surface area contributed by atoms with Crippen LogP contribution < -0.4 is 0 Å². The standard InChI is InChI=1S/C10H11N3O2S/c11-7-8(12-5-1-2-6-12)9-3-4-10(16-9)13(14)15/h3-4,8H,1-2,5-6H2. The molecule has 1 fully saturated rings. The number of rotatable bonds is 3. The van der Waals surface area contributed by atoms with Gasteiger partial charge in [0.25, 0.3) is 0 Å². The zero-order valence-electron chi connectivity index (χ0n) is 8.63. The van der Waals surface area contributed by atoms with Crippen LogP contribution in [0.25, 0.3) is 0 Å². The highest BCUT2D eigenvalue weighted by atomic mass is 32.1. The molecule has 0 amide bonds. The normalized spacial score (nSPS) is 18.2. The summed E-state index contributed by atoms with van der Waals surface area (Å²) in [6.45, 7) is 1.81. The summed E-state index contributed by atoms with van der Waals surface area (Å²) >= 11 is 1.10. The van der Waals surface area contributed by atoms with Crippen LogP contribution in [0.3, 0.4) is 0 Å². The Morgan fingerprint density at radius 3 is 2.69 bits per heavy atom. The fraction of sp³-hybridized carbons (Fsp3) is 0.500. The van der Waals surface area contributed by atoms with Gasteiger partial charge >= 0.3 is 5.00 Å². The molecule has 84 valence electrons. The lowest BCUT2D eigenvalue weighted by Gasteiger charge is -2.19. The Hall–Kier alpha value is -1.45. The lowest BCUT2D eigenvalue weighted by Crippen LogP contribution is -2.23. The number of likely N-dealkylation sites (tertiary alicyclic amines) is 1. The molecule has 1 atom stereocenters. The van der Waals surface area contributed by atoms with Gasteiger partial charge in [0.05, 0.1) is 11.0 Å². The molecule has 2 rings (SSSR count). The highest BCUT2D eigenvalue weighted by Crippen LogP contribution is 2.33. The van der Waals surface area contributed by atoms with Gasteiger partial charge in [0.1, 0.15) is 6.04 Å². The Morgan fingerprint density at radius 2 is 2.19 bits per heavy atom. The van der Waals surface area contributed by atoms with Gasteiger partial charge in [-0.05, 0) is 32.0 Å². The smallest absolute Gasteiger partial charge is 0.284 e. The predicted molar refractivity (Wildman–Crippen MR) is 60.1 cm³/mol. The molecule has 0 aliphatic carbocycles. The minimum atomic E-state index is -0.410. The van der Waals surface area contributed by atoms with Gasteiger partial charge < -0.3 is 0 Å². The Kier molecular flexibility index (Phi) is 3.17. The van der Waals surface area contributed by atoms with Crippen LogP contribution in [0, 0.1) is 21.4 Å². The second-order valence-corrected chi connectivity index (χ2v) is 4.80. The van der Waals surface area contributed by atoms with Crippen molar-refractivity contribution >= 4 is 16.3 Å².